The molecule has 2 amide bonds. The van der Waals surface area contributed by atoms with Gasteiger partial charge in [0.25, 0.3) is 11.8 Å². The molecule has 0 aliphatic carbocycles. The van der Waals surface area contributed by atoms with Crippen LogP contribution in [-0.4, -0.2) is 30.6 Å². The monoisotopic (exact) mass is 488 g/mol. The number of benzene rings is 3. The summed E-state index contributed by atoms with van der Waals surface area (Å²) in [5.41, 5.74) is 3.12. The summed E-state index contributed by atoms with van der Waals surface area (Å²) in [6.45, 7) is 4.23. The maximum absolute atomic E-state index is 13.1. The average Bonchev–Trinajstić information content (AvgIpc) is 2.88. The Morgan fingerprint density at radius 2 is 1.57 bits per heavy atom. The molecule has 2 N–H and O–H groups in total. The summed E-state index contributed by atoms with van der Waals surface area (Å²) in [5, 5.41) is 5.57. The lowest BCUT2D eigenvalue weighted by atomic mass is 10.0. The van der Waals surface area contributed by atoms with E-state index in [1.807, 2.05) is 30.3 Å². The third kappa shape index (κ3) is 7.86. The van der Waals surface area contributed by atoms with Gasteiger partial charge in [-0.1, -0.05) is 56.3 Å². The number of esters is 1. The van der Waals surface area contributed by atoms with Crippen LogP contribution in [0.4, 0.5) is 5.69 Å². The first-order valence-corrected chi connectivity index (χ1v) is 12.1. The number of hydrogen-bond donors (Lipinski definition) is 2. The Morgan fingerprint density at radius 3 is 2.17 bits per heavy atom. The fourth-order valence-corrected chi connectivity index (χ4v) is 3.85. The lowest BCUT2D eigenvalue weighted by molar-refractivity contribution is -0.137. The van der Waals surface area contributed by atoms with Gasteiger partial charge >= 0.3 is 5.97 Å². The minimum atomic E-state index is -0.447. The predicted octanol–water partition coefficient (Wildman–Crippen LogP) is 5.48. The molecule has 3 rings (SSSR count). The first kappa shape index (κ1) is 25.8. The lowest BCUT2D eigenvalue weighted by Crippen LogP contribution is -2.30. The van der Waals surface area contributed by atoms with Crippen LogP contribution in [0.1, 0.15) is 41.3 Å². The van der Waals surface area contributed by atoms with Crippen LogP contribution >= 0.6 is 11.8 Å². The number of amides is 2. The van der Waals surface area contributed by atoms with E-state index in [0.717, 1.165) is 10.5 Å². The Bertz CT molecular complexity index is 1190. The Labute approximate surface area is 209 Å². The molecule has 35 heavy (non-hydrogen) atoms. The summed E-state index contributed by atoms with van der Waals surface area (Å²) >= 11 is 1.34. The van der Waals surface area contributed by atoms with E-state index < -0.39 is 5.91 Å². The highest BCUT2D eigenvalue weighted by Crippen LogP contribution is 2.21. The normalized spacial score (nSPS) is 11.1. The maximum atomic E-state index is 13.1. The molecule has 0 saturated carbocycles. The van der Waals surface area contributed by atoms with Crippen molar-refractivity contribution in [1.82, 2.24) is 5.32 Å². The number of ether oxygens (including phenoxy) is 1. The molecule has 0 unspecified atom stereocenters. The van der Waals surface area contributed by atoms with Gasteiger partial charge in [0.15, 0.2) is 0 Å². The fourth-order valence-electron chi connectivity index (χ4n) is 3.12. The van der Waals surface area contributed by atoms with Crippen molar-refractivity contribution in [2.24, 2.45) is 0 Å². The molecule has 0 aromatic heterocycles. The summed E-state index contributed by atoms with van der Waals surface area (Å²) in [7, 11) is 1.35. The lowest BCUT2D eigenvalue weighted by Gasteiger charge is -2.12. The number of rotatable bonds is 9. The number of anilines is 1. The third-order valence-corrected chi connectivity index (χ3v) is 6.13. The summed E-state index contributed by atoms with van der Waals surface area (Å²) in [4.78, 5) is 38.1. The van der Waals surface area contributed by atoms with Crippen molar-refractivity contribution >= 4 is 41.3 Å². The van der Waals surface area contributed by atoms with Crippen LogP contribution in [-0.2, 0) is 14.3 Å². The molecule has 0 heterocycles. The van der Waals surface area contributed by atoms with E-state index in [-0.39, 0.29) is 23.3 Å². The van der Waals surface area contributed by atoms with Gasteiger partial charge in [0, 0.05) is 16.1 Å². The van der Waals surface area contributed by atoms with Gasteiger partial charge in [-0.2, -0.15) is 0 Å². The average molecular weight is 489 g/mol. The van der Waals surface area contributed by atoms with Gasteiger partial charge in [-0.25, -0.2) is 0 Å². The predicted molar refractivity (Wildman–Crippen MR) is 140 cm³/mol. The Kier molecular flexibility index (Phi) is 9.26. The van der Waals surface area contributed by atoms with Crippen LogP contribution in [0.15, 0.2) is 89.5 Å². The first-order chi connectivity index (χ1) is 16.9. The smallest absolute Gasteiger partial charge is 0.315 e. The Balaban J connectivity index is 1.79. The van der Waals surface area contributed by atoms with Crippen LogP contribution in [0.2, 0.25) is 0 Å². The molecule has 6 nitrogen and oxygen atoms in total. The van der Waals surface area contributed by atoms with Crippen molar-refractivity contribution in [2.45, 2.75) is 24.7 Å². The number of carbonyl (C=O) groups is 3. The van der Waals surface area contributed by atoms with Gasteiger partial charge in [-0.15, -0.1) is 11.8 Å². The second kappa shape index (κ2) is 12.6. The zero-order valence-corrected chi connectivity index (χ0v) is 20.7. The molecule has 3 aromatic carbocycles. The number of methoxy groups -OCH3 is 1. The second-order valence-corrected chi connectivity index (χ2v) is 9.09. The fraction of sp³-hybridized carbons (Fsp3) is 0.179. The zero-order chi connectivity index (χ0) is 25.2. The standard InChI is InChI=1S/C28H28N2O4S/c1-19(2)21-11-9-20(10-12-21)17-25(30-27(32)22-7-5-4-6-8-22)28(33)29-23-13-15-24(16-14-23)35-18-26(31)34-3/h4-17,19H,18H2,1-3H3,(H,29,33)(H,30,32)/b25-17-. The first-order valence-electron chi connectivity index (χ1n) is 11.1. The molecule has 3 aromatic rings. The van der Waals surface area contributed by atoms with Crippen molar-refractivity contribution in [1.29, 1.82) is 0 Å². The summed E-state index contributed by atoms with van der Waals surface area (Å²) in [6, 6.07) is 23.7. The third-order valence-electron chi connectivity index (χ3n) is 5.14. The molecule has 0 spiro atoms. The highest BCUT2D eigenvalue weighted by molar-refractivity contribution is 8.00. The van der Waals surface area contributed by atoms with Gasteiger partial charge in [-0.3, -0.25) is 14.4 Å². The quantitative estimate of drug-likeness (QED) is 0.237. The minimum absolute atomic E-state index is 0.125. The molecule has 0 bridgehead atoms. The van der Waals surface area contributed by atoms with Gasteiger partial charge in [0.1, 0.15) is 5.70 Å². The molecule has 180 valence electrons. The van der Waals surface area contributed by atoms with Crippen molar-refractivity contribution in [3.63, 3.8) is 0 Å². The molecule has 0 radical (unpaired) electrons. The van der Waals surface area contributed by atoms with E-state index in [0.29, 0.717) is 17.2 Å². The van der Waals surface area contributed by atoms with E-state index in [4.69, 9.17) is 0 Å². The largest absolute Gasteiger partial charge is 0.468 e. The molecule has 0 atom stereocenters. The van der Waals surface area contributed by atoms with Gasteiger partial charge < -0.3 is 15.4 Å². The highest BCUT2D eigenvalue weighted by Gasteiger charge is 2.15. The topological polar surface area (TPSA) is 84.5 Å². The van der Waals surface area contributed by atoms with Crippen LogP contribution in [0.3, 0.4) is 0 Å². The van der Waals surface area contributed by atoms with Crippen LogP contribution in [0.25, 0.3) is 6.08 Å². The van der Waals surface area contributed by atoms with Crippen LogP contribution in [0.5, 0.6) is 0 Å². The number of thioether (sulfide) groups is 1. The van der Waals surface area contributed by atoms with E-state index >= 15 is 0 Å². The molecule has 7 heteroatoms. The van der Waals surface area contributed by atoms with Crippen molar-refractivity contribution in [3.8, 4) is 0 Å². The van der Waals surface area contributed by atoms with Crippen LogP contribution in [0, 0.1) is 0 Å². The zero-order valence-electron chi connectivity index (χ0n) is 19.9. The van der Waals surface area contributed by atoms with E-state index in [2.05, 4.69) is 29.2 Å². The Morgan fingerprint density at radius 1 is 0.914 bits per heavy atom. The SMILES string of the molecule is COC(=O)CSc1ccc(NC(=O)/C(=C/c2ccc(C(C)C)cc2)NC(=O)c2ccccc2)cc1. The molecule has 0 fully saturated rings. The van der Waals surface area contributed by atoms with E-state index in [1.54, 1.807) is 54.6 Å². The summed E-state index contributed by atoms with van der Waals surface area (Å²) in [6.07, 6.45) is 1.65. The van der Waals surface area contributed by atoms with Gasteiger partial charge in [-0.05, 0) is 59.5 Å². The molecular weight excluding hydrogens is 460 g/mol. The van der Waals surface area contributed by atoms with Crippen molar-refractivity contribution in [2.75, 3.05) is 18.2 Å². The van der Waals surface area contributed by atoms with Gasteiger partial charge in [0.05, 0.1) is 12.9 Å². The summed E-state index contributed by atoms with van der Waals surface area (Å²) in [5.74, 6) is -0.534. The van der Waals surface area contributed by atoms with Crippen molar-refractivity contribution < 1.29 is 19.1 Å². The Hall–Kier alpha value is -3.84. The van der Waals surface area contributed by atoms with E-state index in [9.17, 15) is 14.4 Å². The van der Waals surface area contributed by atoms with Crippen LogP contribution < -0.4 is 10.6 Å². The highest BCUT2D eigenvalue weighted by atomic mass is 32.2. The van der Waals surface area contributed by atoms with Crippen molar-refractivity contribution in [3.05, 3.63) is 101 Å². The molecule has 0 saturated heterocycles. The molecule has 0 aliphatic rings. The molecular formula is C28H28N2O4S. The van der Waals surface area contributed by atoms with E-state index in [1.165, 1.54) is 24.4 Å². The minimum Gasteiger partial charge on any atom is -0.468 e. The van der Waals surface area contributed by atoms with Gasteiger partial charge in [0.2, 0.25) is 0 Å². The number of carbonyl (C=O) groups excluding carboxylic acids is 3. The number of hydrogen-bond acceptors (Lipinski definition) is 5. The second-order valence-electron chi connectivity index (χ2n) is 8.04. The summed E-state index contributed by atoms with van der Waals surface area (Å²) < 4.78 is 4.65. The maximum Gasteiger partial charge on any atom is 0.315 e. The molecule has 0 aliphatic heterocycles. The number of nitrogens with one attached hydrogen (secondary N) is 2.